The number of halogens is 1. The molecular weight excluding hydrogens is 252 g/mol. The maximum Gasteiger partial charge on any atom is 0.0509 e. The Kier molecular flexibility index (Phi) is 4.21. The van der Waals surface area contributed by atoms with E-state index < -0.39 is 0 Å². The molecule has 1 aliphatic heterocycles. The van der Waals surface area contributed by atoms with Gasteiger partial charge < -0.3 is 4.90 Å². The summed E-state index contributed by atoms with van der Waals surface area (Å²) < 4.78 is 0. The van der Waals surface area contributed by atoms with E-state index in [4.69, 9.17) is 11.6 Å². The lowest BCUT2D eigenvalue weighted by Crippen LogP contribution is -2.40. The van der Waals surface area contributed by atoms with E-state index >= 15 is 0 Å². The molecule has 0 amide bonds. The predicted molar refractivity (Wildman–Crippen MR) is 77.3 cm³/mol. The van der Waals surface area contributed by atoms with Gasteiger partial charge in [-0.05, 0) is 13.0 Å². The first kappa shape index (κ1) is 13.0. The quantitative estimate of drug-likeness (QED) is 0.766. The summed E-state index contributed by atoms with van der Waals surface area (Å²) in [6.07, 6.45) is 1.91. The van der Waals surface area contributed by atoms with Gasteiger partial charge >= 0.3 is 0 Å². The SMILES string of the molecule is Cc1cc(N2CC(C)SC(C)C2)c(CCl)cn1. The zero-order valence-corrected chi connectivity index (χ0v) is 12.2. The molecule has 0 spiro atoms. The smallest absolute Gasteiger partial charge is 0.0509 e. The topological polar surface area (TPSA) is 16.1 Å². The molecule has 1 aromatic heterocycles. The predicted octanol–water partition coefficient (Wildman–Crippen LogP) is 3.46. The maximum absolute atomic E-state index is 6.00. The van der Waals surface area contributed by atoms with E-state index in [0.29, 0.717) is 16.4 Å². The van der Waals surface area contributed by atoms with E-state index in [2.05, 4.69) is 41.6 Å². The Hall–Kier alpha value is -0.410. The lowest BCUT2D eigenvalue weighted by molar-refractivity contribution is 0.724. The van der Waals surface area contributed by atoms with Crippen LogP contribution in [-0.2, 0) is 5.88 Å². The van der Waals surface area contributed by atoms with E-state index in [1.807, 2.05) is 13.1 Å². The van der Waals surface area contributed by atoms with Gasteiger partial charge in [0.2, 0.25) is 0 Å². The maximum atomic E-state index is 6.00. The second-order valence-corrected chi connectivity index (χ2v) is 6.90. The molecule has 1 aliphatic rings. The van der Waals surface area contributed by atoms with Crippen LogP contribution in [0.15, 0.2) is 12.3 Å². The summed E-state index contributed by atoms with van der Waals surface area (Å²) in [5.41, 5.74) is 3.47. The van der Waals surface area contributed by atoms with Crippen LogP contribution in [0.2, 0.25) is 0 Å². The first-order valence-electron chi connectivity index (χ1n) is 6.02. The Bertz CT molecular complexity index is 387. The highest BCUT2D eigenvalue weighted by atomic mass is 35.5. The van der Waals surface area contributed by atoms with Crippen LogP contribution in [0.1, 0.15) is 25.1 Å². The van der Waals surface area contributed by atoms with Crippen molar-refractivity contribution >= 4 is 29.1 Å². The molecule has 2 unspecified atom stereocenters. The summed E-state index contributed by atoms with van der Waals surface area (Å²) in [6.45, 7) is 8.82. The van der Waals surface area contributed by atoms with Crippen molar-refractivity contribution in [1.29, 1.82) is 0 Å². The summed E-state index contributed by atoms with van der Waals surface area (Å²) in [7, 11) is 0. The third kappa shape index (κ3) is 3.08. The van der Waals surface area contributed by atoms with Gasteiger partial charge in [-0.15, -0.1) is 11.6 Å². The zero-order chi connectivity index (χ0) is 12.4. The van der Waals surface area contributed by atoms with Crippen LogP contribution in [0.25, 0.3) is 0 Å². The van der Waals surface area contributed by atoms with Crippen LogP contribution in [0.4, 0.5) is 5.69 Å². The molecule has 0 N–H and O–H groups in total. The first-order chi connectivity index (χ1) is 8.10. The van der Waals surface area contributed by atoms with Gasteiger partial charge in [0.15, 0.2) is 0 Å². The minimum absolute atomic E-state index is 0.537. The Morgan fingerprint density at radius 2 is 2.06 bits per heavy atom. The van der Waals surface area contributed by atoms with E-state index in [9.17, 15) is 0 Å². The van der Waals surface area contributed by atoms with Crippen molar-refractivity contribution in [3.05, 3.63) is 23.5 Å². The number of aryl methyl sites for hydroxylation is 1. The van der Waals surface area contributed by atoms with Crippen molar-refractivity contribution in [2.75, 3.05) is 18.0 Å². The number of hydrogen-bond acceptors (Lipinski definition) is 3. The van der Waals surface area contributed by atoms with E-state index in [0.717, 1.165) is 24.3 Å². The van der Waals surface area contributed by atoms with Crippen LogP contribution in [0.3, 0.4) is 0 Å². The van der Waals surface area contributed by atoms with Gasteiger partial charge in [-0.25, -0.2) is 0 Å². The van der Waals surface area contributed by atoms with Crippen molar-refractivity contribution in [1.82, 2.24) is 4.98 Å². The van der Waals surface area contributed by atoms with Gasteiger partial charge in [-0.2, -0.15) is 11.8 Å². The summed E-state index contributed by atoms with van der Waals surface area (Å²) in [5.74, 6) is 0.537. The Morgan fingerprint density at radius 1 is 1.41 bits per heavy atom. The molecule has 1 saturated heterocycles. The second-order valence-electron chi connectivity index (χ2n) is 4.75. The number of hydrogen-bond donors (Lipinski definition) is 0. The first-order valence-corrected chi connectivity index (χ1v) is 7.49. The normalized spacial score (nSPS) is 25.1. The summed E-state index contributed by atoms with van der Waals surface area (Å²) >= 11 is 8.07. The molecular formula is C13H19ClN2S. The fourth-order valence-electron chi connectivity index (χ4n) is 2.35. The Morgan fingerprint density at radius 3 is 2.65 bits per heavy atom. The van der Waals surface area contributed by atoms with Crippen LogP contribution in [0.5, 0.6) is 0 Å². The van der Waals surface area contributed by atoms with Crippen LogP contribution >= 0.6 is 23.4 Å². The van der Waals surface area contributed by atoms with E-state index in [1.165, 1.54) is 5.69 Å². The van der Waals surface area contributed by atoms with Crippen molar-refractivity contribution in [2.45, 2.75) is 37.2 Å². The molecule has 4 heteroatoms. The molecule has 0 aromatic carbocycles. The molecule has 94 valence electrons. The minimum atomic E-state index is 0.537. The number of anilines is 1. The average Bonchev–Trinajstić information content (AvgIpc) is 2.27. The largest absolute Gasteiger partial charge is 0.369 e. The summed E-state index contributed by atoms with van der Waals surface area (Å²) in [5, 5.41) is 1.35. The van der Waals surface area contributed by atoms with Crippen LogP contribution in [-0.4, -0.2) is 28.6 Å². The van der Waals surface area contributed by atoms with Crippen molar-refractivity contribution in [2.24, 2.45) is 0 Å². The fraction of sp³-hybridized carbons (Fsp3) is 0.615. The van der Waals surface area contributed by atoms with Gasteiger partial charge in [0, 0.05) is 46.7 Å². The monoisotopic (exact) mass is 270 g/mol. The molecule has 0 bridgehead atoms. The van der Waals surface area contributed by atoms with Gasteiger partial charge in [-0.3, -0.25) is 4.98 Å². The molecule has 2 nitrogen and oxygen atoms in total. The lowest BCUT2D eigenvalue weighted by Gasteiger charge is -2.37. The van der Waals surface area contributed by atoms with Crippen LogP contribution < -0.4 is 4.90 Å². The number of alkyl halides is 1. The highest BCUT2D eigenvalue weighted by Crippen LogP contribution is 2.31. The second kappa shape index (κ2) is 5.49. The highest BCUT2D eigenvalue weighted by molar-refractivity contribution is 8.00. The minimum Gasteiger partial charge on any atom is -0.369 e. The van der Waals surface area contributed by atoms with E-state index in [1.54, 1.807) is 0 Å². The van der Waals surface area contributed by atoms with Crippen molar-refractivity contribution in [3.8, 4) is 0 Å². The molecule has 0 radical (unpaired) electrons. The van der Waals surface area contributed by atoms with Gasteiger partial charge in [0.25, 0.3) is 0 Å². The number of aromatic nitrogens is 1. The van der Waals surface area contributed by atoms with E-state index in [-0.39, 0.29) is 0 Å². The number of thioether (sulfide) groups is 1. The Balaban J connectivity index is 2.28. The van der Waals surface area contributed by atoms with Crippen molar-refractivity contribution in [3.63, 3.8) is 0 Å². The molecule has 1 fully saturated rings. The standard InChI is InChI=1S/C13H19ClN2S/c1-9-4-13(12(5-14)6-15-9)16-7-10(2)17-11(3)8-16/h4,6,10-11H,5,7-8H2,1-3H3. The molecule has 1 aromatic rings. The molecule has 0 aliphatic carbocycles. The lowest BCUT2D eigenvalue weighted by atomic mass is 10.2. The van der Waals surface area contributed by atoms with Crippen molar-refractivity contribution < 1.29 is 0 Å². The zero-order valence-electron chi connectivity index (χ0n) is 10.6. The number of rotatable bonds is 2. The van der Waals surface area contributed by atoms with Crippen LogP contribution in [0, 0.1) is 6.92 Å². The van der Waals surface area contributed by atoms with Gasteiger partial charge in [0.05, 0.1) is 5.88 Å². The third-order valence-electron chi connectivity index (χ3n) is 3.00. The Labute approximate surface area is 113 Å². The van der Waals surface area contributed by atoms with Gasteiger partial charge in [0.1, 0.15) is 0 Å². The molecule has 2 heterocycles. The third-order valence-corrected chi connectivity index (χ3v) is 4.52. The summed E-state index contributed by atoms with van der Waals surface area (Å²) in [6, 6.07) is 2.16. The average molecular weight is 271 g/mol. The highest BCUT2D eigenvalue weighted by Gasteiger charge is 2.23. The molecule has 0 saturated carbocycles. The molecule has 2 rings (SSSR count). The molecule has 17 heavy (non-hydrogen) atoms. The van der Waals surface area contributed by atoms with Gasteiger partial charge in [-0.1, -0.05) is 13.8 Å². The fourth-order valence-corrected chi connectivity index (χ4v) is 3.88. The number of nitrogens with zero attached hydrogens (tertiary/aromatic N) is 2. The number of pyridine rings is 1. The molecule has 2 atom stereocenters. The summed E-state index contributed by atoms with van der Waals surface area (Å²) in [4.78, 5) is 6.78.